The van der Waals surface area contributed by atoms with Gasteiger partial charge in [-0.2, -0.15) is 0 Å². The summed E-state index contributed by atoms with van der Waals surface area (Å²) in [4.78, 5) is 20.9. The average molecular weight is 267 g/mol. The number of benzene rings is 1. The van der Waals surface area contributed by atoms with Crippen LogP contribution in [0.25, 0.3) is 10.9 Å². The topological polar surface area (TPSA) is 57.0 Å². The number of hydrogen-bond donors (Lipinski definition) is 0. The fourth-order valence-electron chi connectivity index (χ4n) is 2.14. The zero-order valence-electron chi connectivity index (χ0n) is 11.0. The van der Waals surface area contributed by atoms with Gasteiger partial charge >= 0.3 is 0 Å². The second-order valence-electron chi connectivity index (χ2n) is 4.39. The van der Waals surface area contributed by atoms with Crippen LogP contribution in [0.5, 0.6) is 5.75 Å². The summed E-state index contributed by atoms with van der Waals surface area (Å²) in [5.74, 6) is 0.542. The van der Waals surface area contributed by atoms with Gasteiger partial charge in [-0.1, -0.05) is 12.1 Å². The molecule has 2 aromatic heterocycles. The molecule has 0 N–H and O–H groups in total. The Balaban J connectivity index is 2.14. The molecule has 5 heteroatoms. The van der Waals surface area contributed by atoms with Crippen LogP contribution in [0.4, 0.5) is 0 Å². The molecule has 0 fully saturated rings. The van der Waals surface area contributed by atoms with E-state index in [-0.39, 0.29) is 5.56 Å². The molecule has 0 amide bonds. The van der Waals surface area contributed by atoms with Crippen LogP contribution >= 0.6 is 0 Å². The molecule has 20 heavy (non-hydrogen) atoms. The van der Waals surface area contributed by atoms with Gasteiger partial charge in [0.05, 0.1) is 25.5 Å². The third-order valence-electron chi connectivity index (χ3n) is 3.11. The molecule has 0 spiro atoms. The van der Waals surface area contributed by atoms with E-state index in [0.29, 0.717) is 23.2 Å². The van der Waals surface area contributed by atoms with Crippen molar-refractivity contribution in [1.29, 1.82) is 0 Å². The minimum absolute atomic E-state index is 0.115. The van der Waals surface area contributed by atoms with Gasteiger partial charge in [0.2, 0.25) is 0 Å². The number of pyridine rings is 1. The minimum Gasteiger partial charge on any atom is -0.496 e. The first-order chi connectivity index (χ1) is 9.79. The van der Waals surface area contributed by atoms with Crippen LogP contribution in [-0.4, -0.2) is 21.6 Å². The Kier molecular flexibility index (Phi) is 3.16. The van der Waals surface area contributed by atoms with Crippen molar-refractivity contribution >= 4 is 10.9 Å². The van der Waals surface area contributed by atoms with Crippen molar-refractivity contribution in [3.05, 3.63) is 65.0 Å². The summed E-state index contributed by atoms with van der Waals surface area (Å²) >= 11 is 0. The molecule has 0 atom stereocenters. The molecular weight excluding hydrogens is 254 g/mol. The van der Waals surface area contributed by atoms with Gasteiger partial charge in [0.15, 0.2) is 0 Å². The molecule has 0 saturated carbocycles. The normalized spacial score (nSPS) is 10.7. The van der Waals surface area contributed by atoms with Gasteiger partial charge in [0.25, 0.3) is 5.56 Å². The highest BCUT2D eigenvalue weighted by molar-refractivity contribution is 5.83. The second kappa shape index (κ2) is 5.13. The summed E-state index contributed by atoms with van der Waals surface area (Å²) in [6, 6.07) is 9.15. The highest BCUT2D eigenvalue weighted by atomic mass is 16.5. The summed E-state index contributed by atoms with van der Waals surface area (Å²) in [7, 11) is 1.55. The Bertz CT molecular complexity index is 797. The fraction of sp³-hybridized carbons (Fsp3) is 0.133. The van der Waals surface area contributed by atoms with E-state index in [0.717, 1.165) is 5.56 Å². The van der Waals surface area contributed by atoms with Crippen LogP contribution in [0.2, 0.25) is 0 Å². The van der Waals surface area contributed by atoms with Crippen molar-refractivity contribution in [3.8, 4) is 5.75 Å². The van der Waals surface area contributed by atoms with Crippen molar-refractivity contribution in [2.75, 3.05) is 7.11 Å². The molecule has 1 aromatic carbocycles. The number of rotatable bonds is 3. The van der Waals surface area contributed by atoms with Crippen molar-refractivity contribution in [3.63, 3.8) is 0 Å². The molecule has 3 rings (SSSR count). The molecular formula is C15H13N3O2. The van der Waals surface area contributed by atoms with Gasteiger partial charge in [-0.05, 0) is 23.8 Å². The monoisotopic (exact) mass is 267 g/mol. The van der Waals surface area contributed by atoms with Crippen molar-refractivity contribution < 1.29 is 4.74 Å². The summed E-state index contributed by atoms with van der Waals surface area (Å²) < 4.78 is 6.81. The molecule has 0 saturated heterocycles. The van der Waals surface area contributed by atoms with Gasteiger partial charge in [0.1, 0.15) is 11.1 Å². The van der Waals surface area contributed by atoms with E-state index < -0.39 is 0 Å². The van der Waals surface area contributed by atoms with E-state index in [1.54, 1.807) is 42.5 Å². The zero-order chi connectivity index (χ0) is 13.9. The third kappa shape index (κ3) is 2.14. The molecule has 3 aromatic rings. The number of nitrogens with zero attached hydrogens (tertiary/aromatic N) is 3. The number of hydrogen-bond acceptors (Lipinski definition) is 4. The predicted octanol–water partition coefficient (Wildman–Crippen LogP) is 1.85. The van der Waals surface area contributed by atoms with E-state index in [1.165, 1.54) is 0 Å². The van der Waals surface area contributed by atoms with Crippen molar-refractivity contribution in [1.82, 2.24) is 14.5 Å². The third-order valence-corrected chi connectivity index (χ3v) is 3.11. The summed E-state index contributed by atoms with van der Waals surface area (Å²) in [5.41, 5.74) is 1.47. The minimum atomic E-state index is -0.115. The largest absolute Gasteiger partial charge is 0.496 e. The first-order valence-electron chi connectivity index (χ1n) is 6.20. The molecule has 2 heterocycles. The highest BCUT2D eigenvalue weighted by Gasteiger charge is 2.09. The first-order valence-corrected chi connectivity index (χ1v) is 6.20. The molecule has 0 bridgehead atoms. The average Bonchev–Trinajstić information content (AvgIpc) is 2.50. The maximum atomic E-state index is 12.5. The van der Waals surface area contributed by atoms with Gasteiger partial charge in [-0.25, -0.2) is 4.98 Å². The maximum absolute atomic E-state index is 12.5. The SMILES string of the molecule is COc1cccc2ncn(Cc3cccnc3)c(=O)c12. The molecule has 0 radical (unpaired) electrons. The molecule has 0 unspecified atom stereocenters. The molecule has 100 valence electrons. The van der Waals surface area contributed by atoms with E-state index in [2.05, 4.69) is 9.97 Å². The zero-order valence-corrected chi connectivity index (χ0v) is 11.0. The second-order valence-corrected chi connectivity index (χ2v) is 4.39. The summed E-state index contributed by atoms with van der Waals surface area (Å²) in [6.07, 6.45) is 4.99. The van der Waals surface area contributed by atoms with Crippen molar-refractivity contribution in [2.45, 2.75) is 6.54 Å². The van der Waals surface area contributed by atoms with Crippen LogP contribution < -0.4 is 10.3 Å². The lowest BCUT2D eigenvalue weighted by atomic mass is 10.2. The lowest BCUT2D eigenvalue weighted by Gasteiger charge is -2.08. The number of aromatic nitrogens is 3. The van der Waals surface area contributed by atoms with Crippen LogP contribution in [0.1, 0.15) is 5.56 Å². The van der Waals surface area contributed by atoms with Crippen LogP contribution in [0.15, 0.2) is 53.8 Å². The fourth-order valence-corrected chi connectivity index (χ4v) is 2.14. The quantitative estimate of drug-likeness (QED) is 0.726. The van der Waals surface area contributed by atoms with Gasteiger partial charge in [-0.3, -0.25) is 14.3 Å². The Hall–Kier alpha value is -2.69. The van der Waals surface area contributed by atoms with E-state index in [9.17, 15) is 4.79 Å². The van der Waals surface area contributed by atoms with Gasteiger partial charge in [-0.15, -0.1) is 0 Å². The van der Waals surface area contributed by atoms with Gasteiger partial charge in [0, 0.05) is 12.4 Å². The van der Waals surface area contributed by atoms with Crippen LogP contribution in [-0.2, 0) is 6.54 Å². The number of fused-ring (bicyclic) bond motifs is 1. The maximum Gasteiger partial charge on any atom is 0.265 e. The molecule has 0 aliphatic heterocycles. The summed E-state index contributed by atoms with van der Waals surface area (Å²) in [6.45, 7) is 0.438. The van der Waals surface area contributed by atoms with Crippen LogP contribution in [0.3, 0.4) is 0 Å². The highest BCUT2D eigenvalue weighted by Crippen LogP contribution is 2.19. The first kappa shape index (κ1) is 12.3. The van der Waals surface area contributed by atoms with Crippen LogP contribution in [0, 0.1) is 0 Å². The Morgan fingerprint density at radius 3 is 2.90 bits per heavy atom. The number of methoxy groups -OCH3 is 1. The van der Waals surface area contributed by atoms with E-state index >= 15 is 0 Å². The Morgan fingerprint density at radius 2 is 2.15 bits per heavy atom. The molecule has 0 aliphatic rings. The molecule has 5 nitrogen and oxygen atoms in total. The van der Waals surface area contributed by atoms with Gasteiger partial charge < -0.3 is 4.74 Å². The Labute approximate surface area is 115 Å². The Morgan fingerprint density at radius 1 is 1.25 bits per heavy atom. The lowest BCUT2D eigenvalue weighted by molar-refractivity contribution is 0.419. The number of ether oxygens (including phenoxy) is 1. The van der Waals surface area contributed by atoms with Crippen molar-refractivity contribution in [2.24, 2.45) is 0 Å². The predicted molar refractivity (Wildman–Crippen MR) is 75.9 cm³/mol. The summed E-state index contributed by atoms with van der Waals surface area (Å²) in [5, 5.41) is 0.501. The smallest absolute Gasteiger partial charge is 0.265 e. The molecule has 0 aliphatic carbocycles. The lowest BCUT2D eigenvalue weighted by Crippen LogP contribution is -2.21. The van der Waals surface area contributed by atoms with E-state index in [4.69, 9.17) is 4.74 Å². The van der Waals surface area contributed by atoms with E-state index in [1.807, 2.05) is 18.2 Å². The standard InChI is InChI=1S/C15H13N3O2/c1-20-13-6-2-5-12-14(13)15(19)18(10-17-12)9-11-4-3-7-16-8-11/h2-8,10H,9H2,1H3.